The number of benzene rings is 1. The highest BCUT2D eigenvalue weighted by Crippen LogP contribution is 2.18. The summed E-state index contributed by atoms with van der Waals surface area (Å²) >= 11 is 0. The van der Waals surface area contributed by atoms with Gasteiger partial charge < -0.3 is 20.0 Å². The lowest BCUT2D eigenvalue weighted by atomic mass is 10.0. The number of hydrogen-bond acceptors (Lipinski definition) is 3. The van der Waals surface area contributed by atoms with E-state index in [-0.39, 0.29) is 0 Å². The molecule has 1 aromatic carbocycles. The SMILES string of the molecule is CN=C(NCCCCN1CCN(C)CC1)N1CCc2ccccc2C1. The van der Waals surface area contributed by atoms with E-state index in [4.69, 9.17) is 0 Å². The molecule has 5 heteroatoms. The Labute approximate surface area is 152 Å². The molecule has 0 spiro atoms. The summed E-state index contributed by atoms with van der Waals surface area (Å²) in [5.74, 6) is 1.05. The molecule has 25 heavy (non-hydrogen) atoms. The molecule has 0 amide bonds. The van der Waals surface area contributed by atoms with E-state index in [0.29, 0.717) is 0 Å². The smallest absolute Gasteiger partial charge is 0.193 e. The molecule has 0 aliphatic carbocycles. The van der Waals surface area contributed by atoms with Gasteiger partial charge in [-0.2, -0.15) is 0 Å². The molecular formula is C20H33N5. The second kappa shape index (κ2) is 9.20. The van der Waals surface area contributed by atoms with Crippen LogP contribution in [0.25, 0.3) is 0 Å². The average Bonchev–Trinajstić information content (AvgIpc) is 2.66. The van der Waals surface area contributed by atoms with Crippen molar-refractivity contribution in [1.29, 1.82) is 0 Å². The maximum Gasteiger partial charge on any atom is 0.193 e. The summed E-state index contributed by atoms with van der Waals surface area (Å²) in [6.07, 6.45) is 3.58. The number of likely N-dealkylation sites (N-methyl/N-ethyl adjacent to an activating group) is 1. The highest BCUT2D eigenvalue weighted by molar-refractivity contribution is 5.80. The maximum atomic E-state index is 4.50. The zero-order valence-electron chi connectivity index (χ0n) is 15.9. The van der Waals surface area contributed by atoms with Crippen molar-refractivity contribution in [2.75, 3.05) is 59.9 Å². The third-order valence-corrected chi connectivity index (χ3v) is 5.42. The average molecular weight is 344 g/mol. The van der Waals surface area contributed by atoms with Gasteiger partial charge in [-0.05, 0) is 44.0 Å². The molecule has 2 aliphatic rings. The molecule has 0 aromatic heterocycles. The summed E-state index contributed by atoms with van der Waals surface area (Å²) in [6.45, 7) is 9.12. The first-order valence-corrected chi connectivity index (χ1v) is 9.69. The summed E-state index contributed by atoms with van der Waals surface area (Å²) in [7, 11) is 4.11. The normalized spacial score (nSPS) is 19.8. The van der Waals surface area contributed by atoms with Gasteiger partial charge in [-0.1, -0.05) is 24.3 Å². The van der Waals surface area contributed by atoms with Crippen LogP contribution in [0.3, 0.4) is 0 Å². The minimum atomic E-state index is 0.969. The van der Waals surface area contributed by atoms with Crippen LogP contribution in [0.15, 0.2) is 29.3 Å². The monoisotopic (exact) mass is 343 g/mol. The molecule has 0 radical (unpaired) electrons. The summed E-state index contributed by atoms with van der Waals surface area (Å²) in [6, 6.07) is 8.77. The molecular weight excluding hydrogens is 310 g/mol. The molecule has 1 N–H and O–H groups in total. The topological polar surface area (TPSA) is 34.1 Å². The summed E-state index contributed by atoms with van der Waals surface area (Å²) in [5.41, 5.74) is 2.92. The molecule has 138 valence electrons. The lowest BCUT2D eigenvalue weighted by Gasteiger charge is -2.32. The number of unbranched alkanes of at least 4 members (excludes halogenated alkanes) is 1. The predicted octanol–water partition coefficient (Wildman–Crippen LogP) is 1.65. The Morgan fingerprint density at radius 3 is 2.56 bits per heavy atom. The first kappa shape index (κ1) is 18.2. The third kappa shape index (κ3) is 5.19. The molecule has 5 nitrogen and oxygen atoms in total. The Morgan fingerprint density at radius 1 is 1.04 bits per heavy atom. The van der Waals surface area contributed by atoms with Crippen LogP contribution in [0.5, 0.6) is 0 Å². The zero-order valence-corrected chi connectivity index (χ0v) is 15.9. The van der Waals surface area contributed by atoms with Crippen LogP contribution >= 0.6 is 0 Å². The molecule has 1 saturated heterocycles. The number of hydrogen-bond donors (Lipinski definition) is 1. The Bertz CT molecular complexity index is 563. The van der Waals surface area contributed by atoms with E-state index in [1.807, 2.05) is 7.05 Å². The molecule has 0 saturated carbocycles. The Morgan fingerprint density at radius 2 is 1.80 bits per heavy atom. The number of piperazine rings is 1. The number of guanidine groups is 1. The Kier molecular flexibility index (Phi) is 6.70. The minimum Gasteiger partial charge on any atom is -0.356 e. The van der Waals surface area contributed by atoms with Crippen LogP contribution in [0.2, 0.25) is 0 Å². The Balaban J connectivity index is 1.36. The van der Waals surface area contributed by atoms with Crippen molar-refractivity contribution in [1.82, 2.24) is 20.0 Å². The van der Waals surface area contributed by atoms with E-state index < -0.39 is 0 Å². The van der Waals surface area contributed by atoms with E-state index in [0.717, 1.165) is 32.0 Å². The van der Waals surface area contributed by atoms with Gasteiger partial charge in [0.15, 0.2) is 5.96 Å². The van der Waals surface area contributed by atoms with E-state index >= 15 is 0 Å². The number of fused-ring (bicyclic) bond motifs is 1. The highest BCUT2D eigenvalue weighted by Gasteiger charge is 2.18. The molecule has 2 aliphatic heterocycles. The standard InChI is InChI=1S/C20H33N5/c1-21-20(25-12-9-18-7-3-4-8-19(18)17-25)22-10-5-6-11-24-15-13-23(2)14-16-24/h3-4,7-8H,5-6,9-17H2,1-2H3,(H,21,22). The van der Waals surface area contributed by atoms with Gasteiger partial charge in [0.1, 0.15) is 0 Å². The summed E-state index contributed by atoms with van der Waals surface area (Å²) < 4.78 is 0. The second-order valence-electron chi connectivity index (χ2n) is 7.27. The van der Waals surface area contributed by atoms with E-state index in [2.05, 4.69) is 56.3 Å². The Hall–Kier alpha value is -1.59. The second-order valence-corrected chi connectivity index (χ2v) is 7.27. The van der Waals surface area contributed by atoms with Crippen molar-refractivity contribution < 1.29 is 0 Å². The van der Waals surface area contributed by atoms with E-state index in [9.17, 15) is 0 Å². The van der Waals surface area contributed by atoms with Crippen molar-refractivity contribution in [3.05, 3.63) is 35.4 Å². The lowest BCUT2D eigenvalue weighted by Crippen LogP contribution is -2.45. The molecule has 3 rings (SSSR count). The molecule has 0 atom stereocenters. The largest absolute Gasteiger partial charge is 0.356 e. The van der Waals surface area contributed by atoms with Gasteiger partial charge in [-0.15, -0.1) is 0 Å². The molecule has 0 unspecified atom stereocenters. The fourth-order valence-electron chi connectivity index (χ4n) is 3.74. The van der Waals surface area contributed by atoms with Crippen LogP contribution in [0.1, 0.15) is 24.0 Å². The van der Waals surface area contributed by atoms with E-state index in [1.54, 1.807) is 0 Å². The number of rotatable bonds is 5. The van der Waals surface area contributed by atoms with Gasteiger partial charge in [0.05, 0.1) is 0 Å². The number of aliphatic imine (C=N–C) groups is 1. The van der Waals surface area contributed by atoms with Gasteiger partial charge >= 0.3 is 0 Å². The van der Waals surface area contributed by atoms with Crippen LogP contribution in [0.4, 0.5) is 0 Å². The lowest BCUT2D eigenvalue weighted by molar-refractivity contribution is 0.152. The van der Waals surface area contributed by atoms with Crippen molar-refractivity contribution in [3.63, 3.8) is 0 Å². The van der Waals surface area contributed by atoms with Crippen LogP contribution < -0.4 is 5.32 Å². The fraction of sp³-hybridized carbons (Fsp3) is 0.650. The highest BCUT2D eigenvalue weighted by atomic mass is 15.3. The van der Waals surface area contributed by atoms with Crippen molar-refractivity contribution >= 4 is 5.96 Å². The molecule has 0 bridgehead atoms. The van der Waals surface area contributed by atoms with Gasteiger partial charge in [-0.25, -0.2) is 0 Å². The molecule has 2 heterocycles. The van der Waals surface area contributed by atoms with E-state index in [1.165, 1.54) is 56.7 Å². The summed E-state index contributed by atoms with van der Waals surface area (Å²) in [4.78, 5) is 11.9. The van der Waals surface area contributed by atoms with Crippen LogP contribution in [-0.2, 0) is 13.0 Å². The first-order chi connectivity index (χ1) is 12.3. The predicted molar refractivity (Wildman–Crippen MR) is 105 cm³/mol. The van der Waals surface area contributed by atoms with Gasteiger partial charge in [0, 0.05) is 52.9 Å². The van der Waals surface area contributed by atoms with Crippen LogP contribution in [-0.4, -0.2) is 80.6 Å². The van der Waals surface area contributed by atoms with Crippen molar-refractivity contribution in [2.24, 2.45) is 4.99 Å². The summed E-state index contributed by atoms with van der Waals surface area (Å²) in [5, 5.41) is 3.56. The molecule has 1 fully saturated rings. The van der Waals surface area contributed by atoms with Crippen LogP contribution in [0, 0.1) is 0 Å². The maximum absolute atomic E-state index is 4.50. The zero-order chi connectivity index (χ0) is 17.5. The van der Waals surface area contributed by atoms with Gasteiger partial charge in [0.2, 0.25) is 0 Å². The third-order valence-electron chi connectivity index (χ3n) is 5.42. The van der Waals surface area contributed by atoms with Crippen molar-refractivity contribution in [2.45, 2.75) is 25.8 Å². The minimum absolute atomic E-state index is 0.969. The number of nitrogens with zero attached hydrogens (tertiary/aromatic N) is 4. The molecule has 1 aromatic rings. The van der Waals surface area contributed by atoms with Crippen molar-refractivity contribution in [3.8, 4) is 0 Å². The quantitative estimate of drug-likeness (QED) is 0.501. The van der Waals surface area contributed by atoms with Gasteiger partial charge in [-0.3, -0.25) is 4.99 Å². The number of nitrogens with one attached hydrogen (secondary N) is 1. The first-order valence-electron chi connectivity index (χ1n) is 9.69. The van der Waals surface area contributed by atoms with Gasteiger partial charge in [0.25, 0.3) is 0 Å². The fourth-order valence-corrected chi connectivity index (χ4v) is 3.74.